The van der Waals surface area contributed by atoms with Gasteiger partial charge in [0.05, 0.1) is 0 Å². The van der Waals surface area contributed by atoms with Gasteiger partial charge >= 0.3 is 0 Å². The van der Waals surface area contributed by atoms with E-state index in [9.17, 15) is 0 Å². The molecule has 0 fully saturated rings. The first-order valence-corrected chi connectivity index (χ1v) is 11.9. The Morgan fingerprint density at radius 1 is 0.652 bits per heavy atom. The fraction of sp³-hybridized carbons (Fsp3) is 0.100. The van der Waals surface area contributed by atoms with Gasteiger partial charge in [0, 0.05) is 4.47 Å². The molecule has 0 saturated carbocycles. The standard InChI is InChI=1S/C20H18BrClSi/c21-19-11-13-20(14-12-19)23(22,15-17-7-3-1-4-8-17)16-18-9-5-2-6-10-18/h1-14H,15-16H2. The van der Waals surface area contributed by atoms with Crippen molar-refractivity contribution in [3.05, 3.63) is 101 Å². The monoisotopic (exact) mass is 400 g/mol. The molecule has 0 atom stereocenters. The van der Waals surface area contributed by atoms with E-state index in [0.717, 1.165) is 16.6 Å². The lowest BCUT2D eigenvalue weighted by Crippen LogP contribution is -2.47. The summed E-state index contributed by atoms with van der Waals surface area (Å²) in [7, 11) is -2.18. The largest absolute Gasteiger partial charge is 0.195 e. The summed E-state index contributed by atoms with van der Waals surface area (Å²) in [6, 6.07) is 31.6. The third-order valence-corrected chi connectivity index (χ3v) is 9.31. The van der Waals surface area contributed by atoms with Crippen molar-refractivity contribution >= 4 is 39.6 Å². The van der Waals surface area contributed by atoms with Crippen LogP contribution in [0.1, 0.15) is 11.1 Å². The molecule has 0 aliphatic carbocycles. The highest BCUT2D eigenvalue weighted by atomic mass is 79.9. The molecule has 0 radical (unpaired) electrons. The van der Waals surface area contributed by atoms with Crippen LogP contribution in [0, 0.1) is 0 Å². The second-order valence-electron chi connectivity index (χ2n) is 5.80. The van der Waals surface area contributed by atoms with Crippen LogP contribution < -0.4 is 5.19 Å². The molecule has 0 amide bonds. The highest BCUT2D eigenvalue weighted by Crippen LogP contribution is 2.23. The summed E-state index contributed by atoms with van der Waals surface area (Å²) < 4.78 is 1.09. The van der Waals surface area contributed by atoms with Crippen molar-refractivity contribution in [1.29, 1.82) is 0 Å². The lowest BCUT2D eigenvalue weighted by atomic mass is 10.2. The van der Waals surface area contributed by atoms with Crippen LogP contribution >= 0.6 is 27.0 Å². The maximum Gasteiger partial charge on any atom is 0.195 e. The van der Waals surface area contributed by atoms with Gasteiger partial charge in [-0.2, -0.15) is 11.1 Å². The van der Waals surface area contributed by atoms with Crippen molar-refractivity contribution in [2.75, 3.05) is 0 Å². The van der Waals surface area contributed by atoms with Gasteiger partial charge in [-0.05, 0) is 40.5 Å². The van der Waals surface area contributed by atoms with Gasteiger partial charge in [0.2, 0.25) is 0 Å². The van der Waals surface area contributed by atoms with E-state index in [4.69, 9.17) is 11.1 Å². The predicted octanol–water partition coefficient (Wildman–Crippen LogP) is 5.40. The van der Waals surface area contributed by atoms with E-state index in [1.54, 1.807) is 0 Å². The SMILES string of the molecule is Cl[Si](Cc1ccccc1)(Cc1ccccc1)c1ccc(Br)cc1. The molecular formula is C20H18BrClSi. The maximum absolute atomic E-state index is 7.31. The number of hydrogen-bond acceptors (Lipinski definition) is 0. The summed E-state index contributed by atoms with van der Waals surface area (Å²) in [6.07, 6.45) is 0. The van der Waals surface area contributed by atoms with Crippen molar-refractivity contribution in [2.24, 2.45) is 0 Å². The van der Waals surface area contributed by atoms with E-state index in [1.807, 2.05) is 0 Å². The van der Waals surface area contributed by atoms with Gasteiger partial charge < -0.3 is 0 Å². The summed E-state index contributed by atoms with van der Waals surface area (Å²) in [5.41, 5.74) is 2.63. The molecule has 0 aliphatic heterocycles. The molecule has 0 aliphatic rings. The molecule has 3 rings (SSSR count). The van der Waals surface area contributed by atoms with Crippen molar-refractivity contribution in [3.8, 4) is 0 Å². The normalized spacial score (nSPS) is 11.4. The van der Waals surface area contributed by atoms with Gasteiger partial charge in [-0.15, -0.1) is 0 Å². The summed E-state index contributed by atoms with van der Waals surface area (Å²) in [5.74, 6) is 0. The minimum Gasteiger partial charge on any atom is -0.160 e. The van der Waals surface area contributed by atoms with E-state index in [2.05, 4.69) is 101 Å². The number of rotatable bonds is 5. The quantitative estimate of drug-likeness (QED) is 0.396. The maximum atomic E-state index is 7.31. The average molecular weight is 402 g/mol. The van der Waals surface area contributed by atoms with Crippen LogP contribution in [0.15, 0.2) is 89.4 Å². The van der Waals surface area contributed by atoms with E-state index in [-0.39, 0.29) is 0 Å². The smallest absolute Gasteiger partial charge is 0.160 e. The third-order valence-electron chi connectivity index (χ3n) is 4.02. The van der Waals surface area contributed by atoms with Crippen LogP contribution in [0.3, 0.4) is 0 Å². The molecule has 0 N–H and O–H groups in total. The molecule has 0 bridgehead atoms. The summed E-state index contributed by atoms with van der Waals surface area (Å²) >= 11 is 10.8. The average Bonchev–Trinajstić information content (AvgIpc) is 2.57. The lowest BCUT2D eigenvalue weighted by Gasteiger charge is -2.26. The zero-order chi connectivity index (χ0) is 16.1. The van der Waals surface area contributed by atoms with E-state index in [1.165, 1.54) is 16.3 Å². The van der Waals surface area contributed by atoms with Gasteiger partial charge in [-0.3, -0.25) is 0 Å². The second kappa shape index (κ2) is 7.48. The predicted molar refractivity (Wildman–Crippen MR) is 106 cm³/mol. The topological polar surface area (TPSA) is 0 Å². The Hall–Kier alpha value is -1.35. The van der Waals surface area contributed by atoms with E-state index < -0.39 is 7.38 Å². The molecule has 0 heterocycles. The fourth-order valence-electron chi connectivity index (χ4n) is 2.85. The molecule has 0 unspecified atom stereocenters. The summed E-state index contributed by atoms with van der Waals surface area (Å²) in [5, 5.41) is 1.29. The van der Waals surface area contributed by atoms with Crippen LogP contribution in [0.25, 0.3) is 0 Å². The molecule has 0 saturated heterocycles. The number of hydrogen-bond donors (Lipinski definition) is 0. The first-order valence-electron chi connectivity index (χ1n) is 7.68. The minimum absolute atomic E-state index is 0.936. The van der Waals surface area contributed by atoms with Crippen LogP contribution in [0.5, 0.6) is 0 Å². The van der Waals surface area contributed by atoms with Gasteiger partial charge in [0.1, 0.15) is 0 Å². The summed E-state index contributed by atoms with van der Waals surface area (Å²) in [6.45, 7) is 0. The minimum atomic E-state index is -2.18. The molecule has 0 aromatic heterocycles. The lowest BCUT2D eigenvalue weighted by molar-refractivity contribution is 1.26. The second-order valence-corrected chi connectivity index (χ2v) is 12.1. The van der Waals surface area contributed by atoms with Crippen LogP contribution in [0.2, 0.25) is 0 Å². The van der Waals surface area contributed by atoms with Gasteiger partial charge in [0.25, 0.3) is 0 Å². The Morgan fingerprint density at radius 3 is 1.52 bits per heavy atom. The van der Waals surface area contributed by atoms with Crippen molar-refractivity contribution < 1.29 is 0 Å². The Bertz CT molecular complexity index is 700. The third kappa shape index (κ3) is 4.35. The van der Waals surface area contributed by atoms with E-state index in [0.29, 0.717) is 0 Å². The van der Waals surface area contributed by atoms with Crippen LogP contribution in [-0.4, -0.2) is 7.38 Å². The number of benzene rings is 3. The molecule has 0 nitrogen and oxygen atoms in total. The van der Waals surface area contributed by atoms with Crippen LogP contribution in [-0.2, 0) is 12.1 Å². The van der Waals surface area contributed by atoms with Crippen LogP contribution in [0.4, 0.5) is 0 Å². The first kappa shape index (κ1) is 16.5. The zero-order valence-electron chi connectivity index (χ0n) is 12.8. The zero-order valence-corrected chi connectivity index (χ0v) is 16.1. The molecule has 116 valence electrons. The Balaban J connectivity index is 1.96. The highest BCUT2D eigenvalue weighted by molar-refractivity contribution is 9.10. The molecule has 3 heteroatoms. The van der Waals surface area contributed by atoms with Gasteiger partial charge in [-0.1, -0.05) is 88.7 Å². The van der Waals surface area contributed by atoms with Crippen molar-refractivity contribution in [2.45, 2.75) is 12.1 Å². The van der Waals surface area contributed by atoms with Gasteiger partial charge in [-0.25, -0.2) is 0 Å². The molecule has 3 aromatic carbocycles. The fourth-order valence-corrected chi connectivity index (χ4v) is 7.49. The Labute approximate surface area is 152 Å². The summed E-state index contributed by atoms with van der Waals surface area (Å²) in [4.78, 5) is 0. The highest BCUT2D eigenvalue weighted by Gasteiger charge is 2.33. The van der Waals surface area contributed by atoms with Crippen molar-refractivity contribution in [3.63, 3.8) is 0 Å². The molecular weight excluding hydrogens is 384 g/mol. The number of halogens is 2. The van der Waals surface area contributed by atoms with E-state index >= 15 is 0 Å². The van der Waals surface area contributed by atoms with Gasteiger partial charge in [0.15, 0.2) is 7.38 Å². The molecule has 0 spiro atoms. The molecule has 3 aromatic rings. The Kier molecular flexibility index (Phi) is 5.37. The Morgan fingerprint density at radius 2 is 1.09 bits per heavy atom. The molecule has 23 heavy (non-hydrogen) atoms. The van der Waals surface area contributed by atoms with Crippen molar-refractivity contribution in [1.82, 2.24) is 0 Å². The first-order chi connectivity index (χ1) is 11.2.